The fraction of sp³-hybridized carbons (Fsp3) is 0.727. The Labute approximate surface area is 90.3 Å². The average Bonchev–Trinajstić information content (AvgIpc) is 2.76. The molecule has 2 N–H and O–H groups in total. The number of imidazole rings is 1. The van der Waals surface area contributed by atoms with Crippen LogP contribution in [0.5, 0.6) is 0 Å². The van der Waals surface area contributed by atoms with Gasteiger partial charge < -0.3 is 15.0 Å². The number of aliphatic hydroxyl groups is 1. The van der Waals surface area contributed by atoms with Crippen molar-refractivity contribution in [1.29, 1.82) is 0 Å². The van der Waals surface area contributed by atoms with Gasteiger partial charge in [0.25, 0.3) is 0 Å². The molecule has 1 aromatic heterocycles. The quantitative estimate of drug-likeness (QED) is 0.775. The molecule has 0 aliphatic carbocycles. The standard InChI is InChI=1S/C11H19N3O/c15-9-11-12-8-10(13-11)4-7-14-5-2-1-3-6-14/h8,15H,1-7,9H2,(H,12,13). The van der Waals surface area contributed by atoms with E-state index >= 15 is 0 Å². The first kappa shape index (κ1) is 10.6. The second kappa shape index (κ2) is 5.28. The summed E-state index contributed by atoms with van der Waals surface area (Å²) < 4.78 is 0. The molecule has 2 rings (SSSR count). The molecule has 0 unspecified atom stereocenters. The van der Waals surface area contributed by atoms with Gasteiger partial charge in [-0.25, -0.2) is 4.98 Å². The summed E-state index contributed by atoms with van der Waals surface area (Å²) in [5.41, 5.74) is 1.06. The minimum absolute atomic E-state index is 0.00368. The van der Waals surface area contributed by atoms with Gasteiger partial charge in [-0.1, -0.05) is 6.42 Å². The van der Waals surface area contributed by atoms with Crippen LogP contribution in [0.15, 0.2) is 6.20 Å². The molecule has 1 aliphatic rings. The molecule has 15 heavy (non-hydrogen) atoms. The molecule has 0 amide bonds. The molecule has 1 aromatic rings. The van der Waals surface area contributed by atoms with Crippen molar-refractivity contribution in [3.05, 3.63) is 17.7 Å². The highest BCUT2D eigenvalue weighted by Crippen LogP contribution is 2.09. The van der Waals surface area contributed by atoms with Gasteiger partial charge in [0.15, 0.2) is 0 Å². The molecule has 1 fully saturated rings. The molecule has 0 radical (unpaired) electrons. The third-order valence-electron chi connectivity index (χ3n) is 2.97. The van der Waals surface area contributed by atoms with Crippen molar-refractivity contribution in [3.63, 3.8) is 0 Å². The summed E-state index contributed by atoms with van der Waals surface area (Å²) in [7, 11) is 0. The number of nitrogens with one attached hydrogen (secondary N) is 1. The smallest absolute Gasteiger partial charge is 0.132 e. The van der Waals surface area contributed by atoms with E-state index in [2.05, 4.69) is 14.9 Å². The maximum absolute atomic E-state index is 8.86. The van der Waals surface area contributed by atoms with Crippen molar-refractivity contribution in [1.82, 2.24) is 14.9 Å². The Balaban J connectivity index is 1.76. The third-order valence-corrected chi connectivity index (χ3v) is 2.97. The van der Waals surface area contributed by atoms with E-state index in [0.717, 1.165) is 18.7 Å². The Hall–Kier alpha value is -0.870. The Kier molecular flexibility index (Phi) is 3.75. The van der Waals surface area contributed by atoms with Gasteiger partial charge in [-0.3, -0.25) is 0 Å². The van der Waals surface area contributed by atoms with E-state index in [1.54, 1.807) is 0 Å². The predicted octanol–water partition coefficient (Wildman–Crippen LogP) is 0.930. The lowest BCUT2D eigenvalue weighted by Gasteiger charge is -2.25. The molecule has 4 nitrogen and oxygen atoms in total. The zero-order chi connectivity index (χ0) is 10.5. The van der Waals surface area contributed by atoms with Crippen molar-refractivity contribution in [2.45, 2.75) is 32.3 Å². The zero-order valence-electron chi connectivity index (χ0n) is 9.08. The number of piperidine rings is 1. The molecule has 2 heterocycles. The minimum atomic E-state index is 0.00368. The topological polar surface area (TPSA) is 52.2 Å². The van der Waals surface area contributed by atoms with Crippen LogP contribution < -0.4 is 0 Å². The molecule has 84 valence electrons. The van der Waals surface area contributed by atoms with E-state index in [1.165, 1.54) is 32.4 Å². The molecule has 1 saturated heterocycles. The lowest BCUT2D eigenvalue weighted by molar-refractivity contribution is 0.231. The molecular formula is C11H19N3O. The number of nitrogens with zero attached hydrogens (tertiary/aromatic N) is 2. The summed E-state index contributed by atoms with van der Waals surface area (Å²) in [6.07, 6.45) is 6.93. The summed E-state index contributed by atoms with van der Waals surface area (Å²) >= 11 is 0. The molecule has 0 bridgehead atoms. The molecule has 1 aliphatic heterocycles. The van der Waals surface area contributed by atoms with E-state index in [9.17, 15) is 0 Å². The van der Waals surface area contributed by atoms with Gasteiger partial charge in [0.05, 0.1) is 5.69 Å². The number of aromatic nitrogens is 2. The monoisotopic (exact) mass is 209 g/mol. The Morgan fingerprint density at radius 2 is 2.13 bits per heavy atom. The van der Waals surface area contributed by atoms with Crippen molar-refractivity contribution in [2.75, 3.05) is 19.6 Å². The van der Waals surface area contributed by atoms with Gasteiger partial charge in [-0.15, -0.1) is 0 Å². The predicted molar refractivity (Wildman–Crippen MR) is 58.5 cm³/mol. The largest absolute Gasteiger partial charge is 0.388 e. The zero-order valence-corrected chi connectivity index (χ0v) is 9.08. The summed E-state index contributed by atoms with van der Waals surface area (Å²) in [5.74, 6) is 0.670. The molecule has 4 heteroatoms. The highest BCUT2D eigenvalue weighted by molar-refractivity contribution is 5.01. The molecule has 0 spiro atoms. The van der Waals surface area contributed by atoms with Gasteiger partial charge >= 0.3 is 0 Å². The number of rotatable bonds is 4. The lowest BCUT2D eigenvalue weighted by Crippen LogP contribution is -2.31. The van der Waals surface area contributed by atoms with E-state index in [4.69, 9.17) is 5.11 Å². The van der Waals surface area contributed by atoms with Crippen LogP contribution in [0, 0.1) is 0 Å². The van der Waals surface area contributed by atoms with E-state index in [0.29, 0.717) is 5.82 Å². The lowest BCUT2D eigenvalue weighted by atomic mass is 10.1. The Morgan fingerprint density at radius 3 is 2.80 bits per heavy atom. The summed E-state index contributed by atoms with van der Waals surface area (Å²) in [5, 5.41) is 8.86. The van der Waals surface area contributed by atoms with E-state index in [1.807, 2.05) is 6.20 Å². The van der Waals surface area contributed by atoms with Crippen LogP contribution in [-0.4, -0.2) is 39.6 Å². The third kappa shape index (κ3) is 3.04. The number of aliphatic hydroxyl groups excluding tert-OH is 1. The van der Waals surface area contributed by atoms with Crippen LogP contribution >= 0.6 is 0 Å². The Bertz CT molecular complexity index is 292. The molecule has 0 saturated carbocycles. The van der Waals surface area contributed by atoms with Gasteiger partial charge in [0, 0.05) is 19.2 Å². The second-order valence-corrected chi connectivity index (χ2v) is 4.15. The summed E-state index contributed by atoms with van der Waals surface area (Å²) in [6, 6.07) is 0. The van der Waals surface area contributed by atoms with Crippen LogP contribution in [-0.2, 0) is 13.0 Å². The highest BCUT2D eigenvalue weighted by Gasteiger charge is 2.10. The number of hydrogen-bond acceptors (Lipinski definition) is 3. The number of aromatic amines is 1. The Morgan fingerprint density at radius 1 is 1.33 bits per heavy atom. The molecular weight excluding hydrogens is 190 g/mol. The maximum Gasteiger partial charge on any atom is 0.132 e. The number of hydrogen-bond donors (Lipinski definition) is 2. The summed E-state index contributed by atoms with van der Waals surface area (Å²) in [4.78, 5) is 9.74. The van der Waals surface area contributed by atoms with Crippen LogP contribution in [0.1, 0.15) is 30.8 Å². The first-order valence-electron chi connectivity index (χ1n) is 5.75. The van der Waals surface area contributed by atoms with Crippen molar-refractivity contribution in [2.24, 2.45) is 0 Å². The van der Waals surface area contributed by atoms with Crippen LogP contribution in [0.4, 0.5) is 0 Å². The van der Waals surface area contributed by atoms with Crippen LogP contribution in [0.25, 0.3) is 0 Å². The average molecular weight is 209 g/mol. The van der Waals surface area contributed by atoms with E-state index in [-0.39, 0.29) is 6.61 Å². The second-order valence-electron chi connectivity index (χ2n) is 4.15. The van der Waals surface area contributed by atoms with Crippen LogP contribution in [0.3, 0.4) is 0 Å². The fourth-order valence-electron chi connectivity index (χ4n) is 2.07. The normalized spacial score (nSPS) is 18.2. The van der Waals surface area contributed by atoms with Crippen molar-refractivity contribution >= 4 is 0 Å². The highest BCUT2D eigenvalue weighted by atomic mass is 16.3. The molecule has 0 atom stereocenters. The van der Waals surface area contributed by atoms with Crippen LogP contribution in [0.2, 0.25) is 0 Å². The first-order chi connectivity index (χ1) is 7.38. The summed E-state index contributed by atoms with van der Waals surface area (Å²) in [6.45, 7) is 3.56. The van der Waals surface area contributed by atoms with Gasteiger partial charge in [0.1, 0.15) is 12.4 Å². The van der Waals surface area contributed by atoms with Gasteiger partial charge in [-0.05, 0) is 25.9 Å². The molecule has 0 aromatic carbocycles. The van der Waals surface area contributed by atoms with E-state index < -0.39 is 0 Å². The fourth-order valence-corrected chi connectivity index (χ4v) is 2.07. The number of H-pyrrole nitrogens is 1. The minimum Gasteiger partial charge on any atom is -0.388 e. The first-order valence-corrected chi connectivity index (χ1v) is 5.75. The number of likely N-dealkylation sites (tertiary alicyclic amines) is 1. The van der Waals surface area contributed by atoms with Gasteiger partial charge in [0.2, 0.25) is 0 Å². The SMILES string of the molecule is OCc1nc(CCN2CCCCC2)c[nH]1. The van der Waals surface area contributed by atoms with Crippen molar-refractivity contribution in [3.8, 4) is 0 Å². The maximum atomic E-state index is 8.86. The van der Waals surface area contributed by atoms with Crippen molar-refractivity contribution < 1.29 is 5.11 Å². The van der Waals surface area contributed by atoms with Gasteiger partial charge in [-0.2, -0.15) is 0 Å².